The van der Waals surface area contributed by atoms with Gasteiger partial charge in [0.1, 0.15) is 0 Å². The van der Waals surface area contributed by atoms with Gasteiger partial charge in [-0.15, -0.1) is 23.1 Å². The van der Waals surface area contributed by atoms with Crippen LogP contribution < -0.4 is 5.32 Å². The monoisotopic (exact) mass is 359 g/mol. The average Bonchev–Trinajstić information content (AvgIpc) is 3.27. The van der Waals surface area contributed by atoms with Crippen LogP contribution in [0.15, 0.2) is 64.7 Å². The van der Waals surface area contributed by atoms with Gasteiger partial charge in [0.15, 0.2) is 0 Å². The molecule has 1 aromatic carbocycles. The molecule has 0 saturated heterocycles. The summed E-state index contributed by atoms with van der Waals surface area (Å²) in [7, 11) is 0. The van der Waals surface area contributed by atoms with Gasteiger partial charge in [-0.3, -0.25) is 4.79 Å². The first-order valence-corrected chi connectivity index (χ1v) is 10.3. The lowest BCUT2D eigenvalue weighted by atomic mass is 10.1. The molecule has 2 heterocycles. The largest absolute Gasteiger partial charge is 0.344 e. The van der Waals surface area contributed by atoms with Crippen molar-refractivity contribution in [2.24, 2.45) is 0 Å². The molecule has 118 valence electrons. The van der Waals surface area contributed by atoms with Gasteiger partial charge in [0.25, 0.3) is 0 Å². The third kappa shape index (κ3) is 4.70. The van der Waals surface area contributed by atoms with Crippen molar-refractivity contribution >= 4 is 40.3 Å². The van der Waals surface area contributed by atoms with E-state index in [4.69, 9.17) is 0 Å². The third-order valence-electron chi connectivity index (χ3n) is 3.35. The Morgan fingerprint density at radius 2 is 1.96 bits per heavy atom. The number of carbonyl (C=O) groups excluding carboxylic acids is 1. The summed E-state index contributed by atoms with van der Waals surface area (Å²) in [5.41, 5.74) is 2.40. The van der Waals surface area contributed by atoms with Gasteiger partial charge in [0.2, 0.25) is 5.91 Å². The van der Waals surface area contributed by atoms with E-state index in [2.05, 4.69) is 35.0 Å². The van der Waals surface area contributed by atoms with E-state index in [-0.39, 0.29) is 11.9 Å². The standard InChI is InChI=1S/C18H17NOS3/c20-17(13-22-11-14-5-2-1-3-6-14)19-18(15-8-10-21-12-15)16-7-4-9-23-16/h1-10,12,18H,11,13H2,(H,19,20)/t18-/m1/s1. The van der Waals surface area contributed by atoms with Crippen LogP contribution in [0.4, 0.5) is 0 Å². The van der Waals surface area contributed by atoms with E-state index in [1.165, 1.54) is 10.4 Å². The van der Waals surface area contributed by atoms with Gasteiger partial charge in [-0.05, 0) is 39.4 Å². The molecular formula is C18H17NOS3. The Morgan fingerprint density at radius 3 is 2.65 bits per heavy atom. The topological polar surface area (TPSA) is 29.1 Å². The van der Waals surface area contributed by atoms with E-state index in [1.807, 2.05) is 35.0 Å². The number of amides is 1. The maximum Gasteiger partial charge on any atom is 0.230 e. The van der Waals surface area contributed by atoms with E-state index >= 15 is 0 Å². The average molecular weight is 360 g/mol. The Hall–Kier alpha value is -1.56. The number of hydrogen-bond acceptors (Lipinski definition) is 4. The van der Waals surface area contributed by atoms with Gasteiger partial charge in [0, 0.05) is 10.6 Å². The number of carbonyl (C=O) groups is 1. The first-order chi connectivity index (χ1) is 11.3. The quantitative estimate of drug-likeness (QED) is 0.647. The minimum Gasteiger partial charge on any atom is -0.344 e. The Kier molecular flexibility index (Phi) is 5.91. The van der Waals surface area contributed by atoms with Crippen LogP contribution in [0, 0.1) is 0 Å². The lowest BCUT2D eigenvalue weighted by Crippen LogP contribution is -2.30. The molecule has 5 heteroatoms. The molecule has 0 fully saturated rings. The molecule has 0 saturated carbocycles. The number of benzene rings is 1. The molecule has 0 aliphatic carbocycles. The highest BCUT2D eigenvalue weighted by Gasteiger charge is 2.18. The van der Waals surface area contributed by atoms with E-state index < -0.39 is 0 Å². The van der Waals surface area contributed by atoms with Crippen LogP contribution in [0.3, 0.4) is 0 Å². The number of thioether (sulfide) groups is 1. The zero-order chi connectivity index (χ0) is 15.9. The second-order valence-corrected chi connectivity index (χ2v) is 7.80. The summed E-state index contributed by atoms with van der Waals surface area (Å²) in [6.45, 7) is 0. The molecule has 1 amide bonds. The van der Waals surface area contributed by atoms with Crippen molar-refractivity contribution in [2.45, 2.75) is 11.8 Å². The minimum absolute atomic E-state index is 0.0360. The molecule has 0 aliphatic rings. The number of hydrogen-bond donors (Lipinski definition) is 1. The summed E-state index contributed by atoms with van der Waals surface area (Å²) >= 11 is 4.98. The molecule has 0 aliphatic heterocycles. The van der Waals surface area contributed by atoms with Crippen LogP contribution >= 0.6 is 34.4 Å². The van der Waals surface area contributed by atoms with Crippen molar-refractivity contribution in [1.82, 2.24) is 5.32 Å². The van der Waals surface area contributed by atoms with E-state index in [9.17, 15) is 4.79 Å². The maximum atomic E-state index is 12.3. The summed E-state index contributed by atoms with van der Waals surface area (Å²) in [4.78, 5) is 13.5. The highest BCUT2D eigenvalue weighted by atomic mass is 32.2. The summed E-state index contributed by atoms with van der Waals surface area (Å²) < 4.78 is 0. The maximum absolute atomic E-state index is 12.3. The van der Waals surface area contributed by atoms with Crippen LogP contribution in [-0.4, -0.2) is 11.7 Å². The predicted octanol–water partition coefficient (Wildman–Crippen LogP) is 4.95. The number of nitrogens with one attached hydrogen (secondary N) is 1. The Balaban J connectivity index is 1.56. The molecule has 23 heavy (non-hydrogen) atoms. The minimum atomic E-state index is -0.0360. The lowest BCUT2D eigenvalue weighted by molar-refractivity contribution is -0.119. The lowest BCUT2D eigenvalue weighted by Gasteiger charge is -2.16. The summed E-state index contributed by atoms with van der Waals surface area (Å²) in [6.07, 6.45) is 0. The van der Waals surface area contributed by atoms with Crippen molar-refractivity contribution < 1.29 is 4.79 Å². The SMILES string of the molecule is O=C(CSCc1ccccc1)N[C@H](c1ccsc1)c1cccs1. The number of thiophene rings is 2. The third-order valence-corrected chi connectivity index (χ3v) is 6.00. The van der Waals surface area contributed by atoms with Crippen LogP contribution in [0.25, 0.3) is 0 Å². The van der Waals surface area contributed by atoms with Gasteiger partial charge in [-0.2, -0.15) is 11.3 Å². The van der Waals surface area contributed by atoms with Gasteiger partial charge in [-0.25, -0.2) is 0 Å². The molecular weight excluding hydrogens is 342 g/mol. The van der Waals surface area contributed by atoms with Crippen molar-refractivity contribution in [3.05, 3.63) is 80.7 Å². The van der Waals surface area contributed by atoms with Crippen LogP contribution in [0.1, 0.15) is 22.0 Å². The van der Waals surface area contributed by atoms with Crippen molar-refractivity contribution in [1.29, 1.82) is 0 Å². The Morgan fingerprint density at radius 1 is 1.09 bits per heavy atom. The highest BCUT2D eigenvalue weighted by molar-refractivity contribution is 7.99. The highest BCUT2D eigenvalue weighted by Crippen LogP contribution is 2.27. The van der Waals surface area contributed by atoms with Crippen molar-refractivity contribution in [3.8, 4) is 0 Å². The molecule has 1 N–H and O–H groups in total. The number of rotatable bonds is 7. The predicted molar refractivity (Wildman–Crippen MR) is 101 cm³/mol. The first kappa shape index (κ1) is 16.3. The van der Waals surface area contributed by atoms with Gasteiger partial charge >= 0.3 is 0 Å². The van der Waals surface area contributed by atoms with Crippen LogP contribution in [-0.2, 0) is 10.5 Å². The van der Waals surface area contributed by atoms with Crippen molar-refractivity contribution in [2.75, 3.05) is 5.75 Å². The summed E-state index contributed by atoms with van der Waals surface area (Å²) in [6, 6.07) is 16.4. The molecule has 2 aromatic heterocycles. The molecule has 3 aromatic rings. The molecule has 0 bridgehead atoms. The summed E-state index contributed by atoms with van der Waals surface area (Å²) in [5.74, 6) is 1.41. The molecule has 0 spiro atoms. The van der Waals surface area contributed by atoms with Gasteiger partial charge in [-0.1, -0.05) is 36.4 Å². The van der Waals surface area contributed by atoms with E-state index in [0.717, 1.165) is 11.3 Å². The van der Waals surface area contributed by atoms with Crippen LogP contribution in [0.5, 0.6) is 0 Å². The fraction of sp³-hybridized carbons (Fsp3) is 0.167. The van der Waals surface area contributed by atoms with Gasteiger partial charge < -0.3 is 5.32 Å². The molecule has 2 nitrogen and oxygen atoms in total. The van der Waals surface area contributed by atoms with Crippen molar-refractivity contribution in [3.63, 3.8) is 0 Å². The second kappa shape index (κ2) is 8.34. The Bertz CT molecular complexity index is 674. The summed E-state index contributed by atoms with van der Waals surface area (Å²) in [5, 5.41) is 9.36. The molecule has 0 unspecified atom stereocenters. The molecule has 3 rings (SSSR count). The zero-order valence-corrected chi connectivity index (χ0v) is 14.9. The smallest absolute Gasteiger partial charge is 0.230 e. The van der Waals surface area contributed by atoms with E-state index in [0.29, 0.717) is 5.75 Å². The fourth-order valence-electron chi connectivity index (χ4n) is 2.25. The molecule has 1 atom stereocenters. The normalized spacial score (nSPS) is 12.0. The van der Waals surface area contributed by atoms with E-state index in [1.54, 1.807) is 34.4 Å². The zero-order valence-electron chi connectivity index (χ0n) is 12.5. The second-order valence-electron chi connectivity index (χ2n) is 5.05. The fourth-order valence-corrected chi connectivity index (χ4v) is 4.54. The molecule has 0 radical (unpaired) electrons. The Labute approximate surface area is 148 Å². The van der Waals surface area contributed by atoms with Gasteiger partial charge in [0.05, 0.1) is 11.8 Å². The first-order valence-electron chi connectivity index (χ1n) is 7.29. The van der Waals surface area contributed by atoms with Crippen LogP contribution in [0.2, 0.25) is 0 Å².